The second-order valence-electron chi connectivity index (χ2n) is 9.48. The molecule has 1 aliphatic carbocycles. The maximum atomic E-state index is 12.3. The van der Waals surface area contributed by atoms with Crippen LogP contribution in [-0.4, -0.2) is 70.8 Å². The Kier molecular flexibility index (Phi) is 6.68. The number of carbonyl (C=O) groups excluding carboxylic acids is 1. The fourth-order valence-electron chi connectivity index (χ4n) is 4.72. The topological polar surface area (TPSA) is 106 Å². The lowest BCUT2D eigenvalue weighted by Crippen LogP contribution is -2.36. The first-order chi connectivity index (χ1) is 17.0. The molecule has 3 aliphatic heterocycles. The number of carbonyl (C=O) groups is 1. The molecule has 35 heavy (non-hydrogen) atoms. The van der Waals surface area contributed by atoms with Gasteiger partial charge in [0.15, 0.2) is 5.82 Å². The highest BCUT2D eigenvalue weighted by atomic mass is 16.5. The molecule has 1 unspecified atom stereocenters. The summed E-state index contributed by atoms with van der Waals surface area (Å²) in [5.74, 6) is 1.49. The van der Waals surface area contributed by atoms with Gasteiger partial charge in [-0.2, -0.15) is 9.78 Å². The number of nitrogens with zero attached hydrogens (tertiary/aromatic N) is 6. The number of hydrogen-bond donors (Lipinski definition) is 1. The van der Waals surface area contributed by atoms with Crippen molar-refractivity contribution in [1.29, 1.82) is 0 Å². The summed E-state index contributed by atoms with van der Waals surface area (Å²) in [6.45, 7) is 5.58. The average Bonchev–Trinajstić information content (AvgIpc) is 3.49. The van der Waals surface area contributed by atoms with Gasteiger partial charge in [-0.1, -0.05) is 24.3 Å². The van der Waals surface area contributed by atoms with Crippen LogP contribution in [0.5, 0.6) is 0 Å². The number of aromatic nitrogens is 3. The molecule has 4 aliphatic rings. The Morgan fingerprint density at radius 1 is 1.26 bits per heavy atom. The van der Waals surface area contributed by atoms with Gasteiger partial charge in [-0.05, 0) is 56.4 Å². The fourth-order valence-corrected chi connectivity index (χ4v) is 4.72. The SMILES string of the molecule is COCC1=CC(c2nnc3n2N=C(CCC2=NCC(C(=O)NC(C)C)C=C2)C2=CC=CC[C@H]23)=NC1. The predicted octanol–water partition coefficient (Wildman–Crippen LogP) is 2.77. The molecule has 0 aromatic carbocycles. The summed E-state index contributed by atoms with van der Waals surface area (Å²) in [6, 6.07) is 0.126. The van der Waals surface area contributed by atoms with Gasteiger partial charge in [0.2, 0.25) is 11.7 Å². The van der Waals surface area contributed by atoms with Crippen LogP contribution in [0.4, 0.5) is 0 Å². The largest absolute Gasteiger partial charge is 0.380 e. The van der Waals surface area contributed by atoms with E-state index in [1.807, 2.05) is 36.8 Å². The smallest absolute Gasteiger partial charge is 0.229 e. The summed E-state index contributed by atoms with van der Waals surface area (Å²) < 4.78 is 7.12. The minimum absolute atomic E-state index is 0.0305. The Hall–Kier alpha value is -3.46. The third kappa shape index (κ3) is 4.86. The summed E-state index contributed by atoms with van der Waals surface area (Å²) in [6.07, 6.45) is 14.7. The number of nitrogens with one attached hydrogen (secondary N) is 1. The van der Waals surface area contributed by atoms with Crippen molar-refractivity contribution in [1.82, 2.24) is 20.2 Å². The lowest BCUT2D eigenvalue weighted by atomic mass is 9.85. The molecule has 0 saturated heterocycles. The van der Waals surface area contributed by atoms with Crippen molar-refractivity contribution in [3.05, 3.63) is 59.3 Å². The number of allylic oxidation sites excluding steroid dienone is 6. The standard InChI is InChI=1S/C26H31N7O2/c1-16(2)29-26(34)18-8-9-19(27-14-18)10-11-22-20-6-4-5-7-21(20)24-30-31-25(33(24)32-22)23-12-17(13-28-23)15-35-3/h4-6,8-9,12,16,18,21H,7,10-11,13-15H2,1-3H3,(H,29,34)/t18?,21-/m1/s1. The van der Waals surface area contributed by atoms with Crippen LogP contribution in [0.25, 0.3) is 0 Å². The Balaban J connectivity index is 1.34. The first-order valence-electron chi connectivity index (χ1n) is 12.2. The number of aliphatic imine (C=N–C) groups is 2. The Bertz CT molecular complexity index is 1230. The Morgan fingerprint density at radius 3 is 2.91 bits per heavy atom. The molecule has 0 spiro atoms. The van der Waals surface area contributed by atoms with Crippen LogP contribution < -0.4 is 5.32 Å². The summed E-state index contributed by atoms with van der Waals surface area (Å²) >= 11 is 0. The number of amides is 1. The zero-order valence-corrected chi connectivity index (χ0v) is 20.4. The fraction of sp³-hybridized carbons (Fsp3) is 0.462. The van der Waals surface area contributed by atoms with Crippen molar-refractivity contribution in [2.24, 2.45) is 21.0 Å². The van der Waals surface area contributed by atoms with E-state index in [2.05, 4.69) is 43.7 Å². The highest BCUT2D eigenvalue weighted by molar-refractivity contribution is 6.09. The molecule has 0 radical (unpaired) electrons. The van der Waals surface area contributed by atoms with Crippen molar-refractivity contribution >= 4 is 23.0 Å². The molecule has 0 bridgehead atoms. The third-order valence-corrected chi connectivity index (χ3v) is 6.44. The van der Waals surface area contributed by atoms with E-state index >= 15 is 0 Å². The predicted molar refractivity (Wildman–Crippen MR) is 136 cm³/mol. The zero-order chi connectivity index (χ0) is 24.4. The highest BCUT2D eigenvalue weighted by Gasteiger charge is 2.33. The van der Waals surface area contributed by atoms with Gasteiger partial charge in [0.25, 0.3) is 0 Å². The normalized spacial score (nSPS) is 22.7. The van der Waals surface area contributed by atoms with Gasteiger partial charge in [-0.15, -0.1) is 10.2 Å². The molecule has 9 nitrogen and oxygen atoms in total. The molecular weight excluding hydrogens is 442 g/mol. The lowest BCUT2D eigenvalue weighted by Gasteiger charge is -2.27. The van der Waals surface area contributed by atoms with Gasteiger partial charge in [-0.25, -0.2) is 0 Å². The van der Waals surface area contributed by atoms with E-state index in [0.717, 1.165) is 47.8 Å². The number of ether oxygens (including phenoxy) is 1. The molecule has 1 aromatic rings. The monoisotopic (exact) mass is 473 g/mol. The second-order valence-corrected chi connectivity index (χ2v) is 9.48. The Labute approximate surface area is 205 Å². The zero-order valence-electron chi connectivity index (χ0n) is 20.4. The van der Waals surface area contributed by atoms with Crippen LogP contribution in [0, 0.1) is 5.92 Å². The van der Waals surface area contributed by atoms with Crippen molar-refractivity contribution in [3.63, 3.8) is 0 Å². The summed E-state index contributed by atoms with van der Waals surface area (Å²) in [7, 11) is 1.69. The maximum absolute atomic E-state index is 12.3. The van der Waals surface area contributed by atoms with Crippen molar-refractivity contribution in [2.75, 3.05) is 26.8 Å². The van der Waals surface area contributed by atoms with E-state index < -0.39 is 0 Å². The second kappa shape index (κ2) is 10.0. The first-order valence-corrected chi connectivity index (χ1v) is 12.2. The highest BCUT2D eigenvalue weighted by Crippen LogP contribution is 2.36. The summed E-state index contributed by atoms with van der Waals surface area (Å²) in [5.41, 5.74) is 5.11. The number of hydrogen-bond acceptors (Lipinski definition) is 7. The van der Waals surface area contributed by atoms with Crippen LogP contribution in [-0.2, 0) is 9.53 Å². The Morgan fingerprint density at radius 2 is 2.14 bits per heavy atom. The van der Waals surface area contributed by atoms with E-state index in [4.69, 9.17) is 9.84 Å². The average molecular weight is 474 g/mol. The molecule has 0 fully saturated rings. The summed E-state index contributed by atoms with van der Waals surface area (Å²) in [4.78, 5) is 21.6. The van der Waals surface area contributed by atoms with Crippen LogP contribution >= 0.6 is 0 Å². The first kappa shape index (κ1) is 23.3. The van der Waals surface area contributed by atoms with E-state index in [-0.39, 0.29) is 23.8 Å². The molecule has 182 valence electrons. The van der Waals surface area contributed by atoms with Crippen LogP contribution in [0.2, 0.25) is 0 Å². The van der Waals surface area contributed by atoms with Crippen molar-refractivity contribution in [3.8, 4) is 0 Å². The van der Waals surface area contributed by atoms with Crippen LogP contribution in [0.1, 0.15) is 50.7 Å². The molecule has 1 aromatic heterocycles. The van der Waals surface area contributed by atoms with Gasteiger partial charge in [0.1, 0.15) is 5.71 Å². The van der Waals surface area contributed by atoms with Crippen molar-refractivity contribution in [2.45, 2.75) is 45.1 Å². The van der Waals surface area contributed by atoms with Gasteiger partial charge in [-0.3, -0.25) is 14.8 Å². The van der Waals surface area contributed by atoms with Crippen LogP contribution in [0.15, 0.2) is 62.7 Å². The molecule has 4 heterocycles. The summed E-state index contributed by atoms with van der Waals surface area (Å²) in [5, 5.41) is 16.9. The number of rotatable bonds is 8. The molecule has 9 heteroatoms. The maximum Gasteiger partial charge on any atom is 0.229 e. The third-order valence-electron chi connectivity index (χ3n) is 6.44. The molecule has 1 N–H and O–H groups in total. The van der Waals surface area contributed by atoms with Crippen molar-refractivity contribution < 1.29 is 9.53 Å². The van der Waals surface area contributed by atoms with Crippen LogP contribution in [0.3, 0.4) is 0 Å². The van der Waals surface area contributed by atoms with Gasteiger partial charge in [0.05, 0.1) is 37.2 Å². The molecule has 0 saturated carbocycles. The van der Waals surface area contributed by atoms with E-state index in [0.29, 0.717) is 25.5 Å². The molecule has 2 atom stereocenters. The van der Waals surface area contributed by atoms with Gasteiger partial charge < -0.3 is 10.1 Å². The minimum atomic E-state index is -0.200. The number of fused-ring (bicyclic) bond motifs is 3. The molecule has 5 rings (SSSR count). The molecule has 1 amide bonds. The van der Waals surface area contributed by atoms with E-state index in [1.165, 1.54) is 5.57 Å². The molecular formula is C26H31N7O2. The quantitative estimate of drug-likeness (QED) is 0.627. The minimum Gasteiger partial charge on any atom is -0.380 e. The van der Waals surface area contributed by atoms with E-state index in [1.54, 1.807) is 7.11 Å². The lowest BCUT2D eigenvalue weighted by molar-refractivity contribution is -0.123. The van der Waals surface area contributed by atoms with Gasteiger partial charge in [0, 0.05) is 18.9 Å². The number of methoxy groups -OCH3 is 1. The van der Waals surface area contributed by atoms with E-state index in [9.17, 15) is 4.79 Å². The number of dihydropyridines is 1. The van der Waals surface area contributed by atoms with Gasteiger partial charge >= 0.3 is 0 Å².